The summed E-state index contributed by atoms with van der Waals surface area (Å²) >= 11 is 0. The highest BCUT2D eigenvalue weighted by Gasteiger charge is 2.20. The van der Waals surface area contributed by atoms with E-state index >= 15 is 0 Å². The highest BCUT2D eigenvalue weighted by atomic mass is 35.5. The Balaban J connectivity index is 0.00000121. The van der Waals surface area contributed by atoms with Crippen LogP contribution in [0, 0.1) is 6.92 Å². The van der Waals surface area contributed by atoms with Crippen LogP contribution in [0.2, 0.25) is 0 Å². The van der Waals surface area contributed by atoms with Gasteiger partial charge in [-0.05, 0) is 38.4 Å². The molecule has 1 aliphatic rings. The molecule has 2 N–H and O–H groups in total. The molecular weight excluding hydrogens is 323 g/mol. The minimum Gasteiger partial charge on any atom is -0.349 e. The van der Waals surface area contributed by atoms with Crippen LogP contribution < -0.4 is 10.6 Å². The van der Waals surface area contributed by atoms with Crippen molar-refractivity contribution in [3.8, 4) is 0 Å². The van der Waals surface area contributed by atoms with Crippen molar-refractivity contribution in [2.24, 2.45) is 0 Å². The van der Waals surface area contributed by atoms with Crippen LogP contribution in [0.5, 0.6) is 0 Å². The largest absolute Gasteiger partial charge is 0.349 e. The maximum Gasteiger partial charge on any atom is 0.237 e. The molecule has 0 aliphatic carbocycles. The summed E-state index contributed by atoms with van der Waals surface area (Å²) in [5.41, 5.74) is 2.95. The molecule has 0 saturated carbocycles. The molecule has 1 amide bonds. The zero-order chi connectivity index (χ0) is 13.9. The molecule has 1 aliphatic heterocycles. The summed E-state index contributed by atoms with van der Waals surface area (Å²) in [6.45, 7) is 3.47. The monoisotopic (exact) mass is 344 g/mol. The summed E-state index contributed by atoms with van der Waals surface area (Å²) in [6.07, 6.45) is 5.20. The molecule has 2 aromatic heterocycles. The number of fused-ring (bicyclic) bond motifs is 1. The van der Waals surface area contributed by atoms with Gasteiger partial charge in [-0.15, -0.1) is 24.8 Å². The van der Waals surface area contributed by atoms with Crippen molar-refractivity contribution >= 4 is 36.4 Å². The third-order valence-corrected chi connectivity index (χ3v) is 3.82. The van der Waals surface area contributed by atoms with Gasteiger partial charge in [-0.25, -0.2) is 4.98 Å². The molecule has 0 aromatic carbocycles. The molecule has 1 saturated heterocycles. The van der Waals surface area contributed by atoms with Gasteiger partial charge < -0.3 is 15.0 Å². The van der Waals surface area contributed by atoms with Gasteiger partial charge in [0.2, 0.25) is 5.91 Å². The summed E-state index contributed by atoms with van der Waals surface area (Å²) in [6, 6.07) is 5.97. The molecule has 5 nitrogen and oxygen atoms in total. The number of halogens is 2. The Bertz CT molecular complexity index is 623. The number of carbonyl (C=O) groups is 1. The van der Waals surface area contributed by atoms with Gasteiger partial charge in [-0.2, -0.15) is 0 Å². The molecule has 2 aromatic rings. The second-order valence-electron chi connectivity index (χ2n) is 5.35. The molecular formula is C15H22Cl2N4O. The normalized spacial score (nSPS) is 17.4. The van der Waals surface area contributed by atoms with E-state index < -0.39 is 0 Å². The highest BCUT2D eigenvalue weighted by Crippen LogP contribution is 2.09. The average molecular weight is 345 g/mol. The van der Waals surface area contributed by atoms with Crippen LogP contribution in [-0.2, 0) is 11.3 Å². The predicted molar refractivity (Wildman–Crippen MR) is 91.9 cm³/mol. The van der Waals surface area contributed by atoms with E-state index in [0.717, 1.165) is 42.8 Å². The minimum absolute atomic E-state index is 0. The summed E-state index contributed by atoms with van der Waals surface area (Å²) in [5.74, 6) is 0.0819. The summed E-state index contributed by atoms with van der Waals surface area (Å²) in [4.78, 5) is 16.6. The second kappa shape index (κ2) is 8.36. The SMILES string of the molecule is Cc1cccc2nc(CNC(=O)[C@H]3CCCCN3)cn12.Cl.Cl. The quantitative estimate of drug-likeness (QED) is 0.897. The molecule has 22 heavy (non-hydrogen) atoms. The van der Waals surface area contributed by atoms with Gasteiger partial charge in [0, 0.05) is 11.9 Å². The number of aromatic nitrogens is 2. The molecule has 0 radical (unpaired) electrons. The number of imidazole rings is 1. The van der Waals surface area contributed by atoms with Gasteiger partial charge in [0.15, 0.2) is 0 Å². The average Bonchev–Trinajstić information content (AvgIpc) is 2.90. The first-order chi connectivity index (χ1) is 9.74. The lowest BCUT2D eigenvalue weighted by atomic mass is 10.0. The van der Waals surface area contributed by atoms with E-state index in [1.165, 1.54) is 0 Å². The lowest BCUT2D eigenvalue weighted by Gasteiger charge is -2.22. The highest BCUT2D eigenvalue weighted by molar-refractivity contribution is 5.85. The molecule has 122 valence electrons. The lowest BCUT2D eigenvalue weighted by molar-refractivity contribution is -0.123. The Labute approximate surface area is 142 Å². The van der Waals surface area contributed by atoms with Crippen LogP contribution in [0.3, 0.4) is 0 Å². The fourth-order valence-corrected chi connectivity index (χ4v) is 2.66. The maximum atomic E-state index is 12.0. The topological polar surface area (TPSA) is 58.4 Å². The van der Waals surface area contributed by atoms with Gasteiger partial charge in [0.1, 0.15) is 5.65 Å². The van der Waals surface area contributed by atoms with Crippen molar-refractivity contribution in [1.29, 1.82) is 0 Å². The molecule has 0 bridgehead atoms. The van der Waals surface area contributed by atoms with Crippen molar-refractivity contribution in [2.45, 2.75) is 38.8 Å². The number of nitrogens with one attached hydrogen (secondary N) is 2. The van der Waals surface area contributed by atoms with E-state index in [-0.39, 0.29) is 36.8 Å². The number of aryl methyl sites for hydroxylation is 1. The van der Waals surface area contributed by atoms with Gasteiger partial charge >= 0.3 is 0 Å². The van der Waals surface area contributed by atoms with Crippen LogP contribution in [0.25, 0.3) is 5.65 Å². The van der Waals surface area contributed by atoms with E-state index in [9.17, 15) is 4.79 Å². The van der Waals surface area contributed by atoms with E-state index in [4.69, 9.17) is 0 Å². The number of pyridine rings is 1. The van der Waals surface area contributed by atoms with Crippen LogP contribution in [0.4, 0.5) is 0 Å². The van der Waals surface area contributed by atoms with Crippen LogP contribution >= 0.6 is 24.8 Å². The minimum atomic E-state index is -0.0393. The number of piperidine rings is 1. The molecule has 3 rings (SSSR count). The molecule has 1 atom stereocenters. The van der Waals surface area contributed by atoms with E-state index in [2.05, 4.69) is 15.6 Å². The molecule has 0 unspecified atom stereocenters. The standard InChI is InChI=1S/C15H20N4O.2ClH/c1-11-5-4-7-14-18-12(10-19(11)14)9-17-15(20)13-6-2-3-8-16-13;;/h4-5,7,10,13,16H,2-3,6,8-9H2,1H3,(H,17,20);2*1H/t13-;;/m1../s1. The Morgan fingerprint density at radius 1 is 1.41 bits per heavy atom. The maximum absolute atomic E-state index is 12.0. The molecule has 1 fully saturated rings. The summed E-state index contributed by atoms with van der Waals surface area (Å²) in [5, 5.41) is 6.22. The Kier molecular flexibility index (Phi) is 7.13. The van der Waals surface area contributed by atoms with Crippen molar-refractivity contribution < 1.29 is 4.79 Å². The van der Waals surface area contributed by atoms with Gasteiger partial charge in [-0.3, -0.25) is 4.79 Å². The van der Waals surface area contributed by atoms with Gasteiger partial charge in [0.25, 0.3) is 0 Å². The number of nitrogens with zero attached hydrogens (tertiary/aromatic N) is 2. The van der Waals surface area contributed by atoms with Crippen molar-refractivity contribution in [3.05, 3.63) is 35.8 Å². The van der Waals surface area contributed by atoms with E-state index in [1.54, 1.807) is 0 Å². The number of rotatable bonds is 3. The Morgan fingerprint density at radius 3 is 2.91 bits per heavy atom. The van der Waals surface area contributed by atoms with Crippen LogP contribution in [-0.4, -0.2) is 27.9 Å². The molecule has 0 spiro atoms. The number of carbonyl (C=O) groups excluding carboxylic acids is 1. The van der Waals surface area contributed by atoms with Crippen LogP contribution in [0.1, 0.15) is 30.7 Å². The fourth-order valence-electron chi connectivity index (χ4n) is 2.66. The number of hydrogen-bond donors (Lipinski definition) is 2. The van der Waals surface area contributed by atoms with Crippen molar-refractivity contribution in [1.82, 2.24) is 20.0 Å². The first-order valence-electron chi connectivity index (χ1n) is 7.19. The smallest absolute Gasteiger partial charge is 0.237 e. The first kappa shape index (κ1) is 18.7. The Morgan fingerprint density at radius 2 is 2.23 bits per heavy atom. The Hall–Kier alpha value is -1.30. The van der Waals surface area contributed by atoms with Gasteiger partial charge in [0.05, 0.1) is 18.3 Å². The fraction of sp³-hybridized carbons (Fsp3) is 0.467. The third-order valence-electron chi connectivity index (χ3n) is 3.82. The summed E-state index contributed by atoms with van der Waals surface area (Å²) < 4.78 is 2.04. The molecule has 3 heterocycles. The second-order valence-corrected chi connectivity index (χ2v) is 5.35. The third kappa shape index (κ3) is 4.12. The lowest BCUT2D eigenvalue weighted by Crippen LogP contribution is -2.46. The van der Waals surface area contributed by atoms with E-state index in [1.807, 2.05) is 35.7 Å². The van der Waals surface area contributed by atoms with E-state index in [0.29, 0.717) is 6.54 Å². The number of hydrogen-bond acceptors (Lipinski definition) is 3. The summed E-state index contributed by atoms with van der Waals surface area (Å²) in [7, 11) is 0. The predicted octanol–water partition coefficient (Wildman–Crippen LogP) is 2.24. The first-order valence-corrected chi connectivity index (χ1v) is 7.19. The number of amides is 1. The van der Waals surface area contributed by atoms with Crippen molar-refractivity contribution in [3.63, 3.8) is 0 Å². The van der Waals surface area contributed by atoms with Crippen LogP contribution in [0.15, 0.2) is 24.4 Å². The van der Waals surface area contributed by atoms with Gasteiger partial charge in [-0.1, -0.05) is 12.5 Å². The zero-order valence-corrected chi connectivity index (χ0v) is 14.2. The zero-order valence-electron chi connectivity index (χ0n) is 12.5. The van der Waals surface area contributed by atoms with Crippen molar-refractivity contribution in [2.75, 3.05) is 6.54 Å². The molecule has 7 heteroatoms.